The second kappa shape index (κ2) is 5.49. The average molecular weight is 328 g/mol. The molecule has 0 radical (unpaired) electrons. The van der Waals surface area contributed by atoms with Crippen LogP contribution in [0, 0.1) is 16.7 Å². The Bertz CT molecular complexity index is 604. The van der Waals surface area contributed by atoms with Crippen LogP contribution in [0.5, 0.6) is 5.75 Å². The first-order valence-corrected chi connectivity index (χ1v) is 9.79. The summed E-state index contributed by atoms with van der Waals surface area (Å²) in [5.74, 6) is 1.98. The van der Waals surface area contributed by atoms with Gasteiger partial charge in [-0.15, -0.1) is 0 Å². The molecule has 5 rings (SSSR count). The monoisotopic (exact) mass is 327 g/mol. The Morgan fingerprint density at radius 3 is 2.33 bits per heavy atom. The second-order valence-corrected chi connectivity index (χ2v) is 10.0. The fourth-order valence-electron chi connectivity index (χ4n) is 6.95. The summed E-state index contributed by atoms with van der Waals surface area (Å²) in [6.45, 7) is 10.2. The molecule has 2 atom stereocenters. The van der Waals surface area contributed by atoms with E-state index in [4.69, 9.17) is 4.74 Å². The van der Waals surface area contributed by atoms with E-state index in [1.807, 2.05) is 0 Å². The molecule has 0 heterocycles. The third kappa shape index (κ3) is 2.98. The molecule has 2 heteroatoms. The predicted molar refractivity (Wildman–Crippen MR) is 99.2 cm³/mol. The molecule has 1 N–H and O–H groups in total. The van der Waals surface area contributed by atoms with Gasteiger partial charge in [0.15, 0.2) is 0 Å². The van der Waals surface area contributed by atoms with Crippen LogP contribution in [0.4, 0.5) is 0 Å². The molecule has 0 spiro atoms. The molecule has 2 unspecified atom stereocenters. The number of nitrogens with one attached hydrogen (secondary N) is 1. The lowest BCUT2D eigenvalue weighted by Crippen LogP contribution is -2.63. The van der Waals surface area contributed by atoms with Crippen LogP contribution >= 0.6 is 0 Å². The molecule has 4 aliphatic carbocycles. The Morgan fingerprint density at radius 2 is 1.71 bits per heavy atom. The lowest BCUT2D eigenvalue weighted by atomic mass is 9.43. The summed E-state index contributed by atoms with van der Waals surface area (Å²) in [6, 6.07) is 8.54. The number of benzene rings is 1. The lowest BCUT2D eigenvalue weighted by Gasteiger charge is -2.65. The van der Waals surface area contributed by atoms with Gasteiger partial charge < -0.3 is 10.1 Å². The highest BCUT2D eigenvalue weighted by Crippen LogP contribution is 2.66. The maximum atomic E-state index is 6.02. The van der Waals surface area contributed by atoms with Gasteiger partial charge >= 0.3 is 0 Å². The Hall–Kier alpha value is -1.02. The van der Waals surface area contributed by atoms with Gasteiger partial charge in [-0.25, -0.2) is 0 Å². The highest BCUT2D eigenvalue weighted by atomic mass is 16.5. The van der Waals surface area contributed by atoms with E-state index in [1.165, 1.54) is 44.1 Å². The third-order valence-electron chi connectivity index (χ3n) is 6.62. The predicted octanol–water partition coefficient (Wildman–Crippen LogP) is 5.31. The van der Waals surface area contributed by atoms with Crippen LogP contribution in [0.15, 0.2) is 24.3 Å². The average Bonchev–Trinajstić information content (AvgIpc) is 2.42. The summed E-state index contributed by atoms with van der Waals surface area (Å²) in [7, 11) is 0. The highest BCUT2D eigenvalue weighted by molar-refractivity contribution is 5.33. The quantitative estimate of drug-likeness (QED) is 0.791. The summed E-state index contributed by atoms with van der Waals surface area (Å²) in [5, 5.41) is 4.03. The Balaban J connectivity index is 1.52. The molecular formula is C22H33NO. The fraction of sp³-hybridized carbons (Fsp3) is 0.727. The maximum absolute atomic E-state index is 6.02. The van der Waals surface area contributed by atoms with Gasteiger partial charge in [-0.05, 0) is 75.2 Å². The third-order valence-corrected chi connectivity index (χ3v) is 6.62. The Kier molecular flexibility index (Phi) is 3.76. The summed E-state index contributed by atoms with van der Waals surface area (Å²) in [4.78, 5) is 0. The fourth-order valence-corrected chi connectivity index (χ4v) is 6.95. The summed E-state index contributed by atoms with van der Waals surface area (Å²) in [6.07, 6.45) is 8.68. The minimum Gasteiger partial charge on any atom is -0.491 e. The molecule has 4 fully saturated rings. The highest BCUT2D eigenvalue weighted by Gasteiger charge is 2.59. The molecule has 0 amide bonds. The normalized spacial score (nSPS) is 40.3. The van der Waals surface area contributed by atoms with Crippen molar-refractivity contribution in [3.63, 3.8) is 0 Å². The topological polar surface area (TPSA) is 21.3 Å². The van der Waals surface area contributed by atoms with Crippen molar-refractivity contribution in [1.82, 2.24) is 5.32 Å². The standard InChI is InChI=1S/C22H33NO/c1-16(2)24-19-8-6-5-7-18(19)12-23-22-11-17-9-20(3,14-22)13-21(4,10-17)15-22/h5-8,16-17,23H,9-15H2,1-4H3. The van der Waals surface area contributed by atoms with Gasteiger partial charge in [-0.3, -0.25) is 0 Å². The van der Waals surface area contributed by atoms with Crippen molar-refractivity contribution in [2.24, 2.45) is 16.7 Å². The summed E-state index contributed by atoms with van der Waals surface area (Å²) < 4.78 is 6.02. The Labute approximate surface area is 147 Å². The molecule has 4 bridgehead atoms. The van der Waals surface area contributed by atoms with Crippen LogP contribution in [0.25, 0.3) is 0 Å². The van der Waals surface area contributed by atoms with Gasteiger partial charge in [-0.1, -0.05) is 32.0 Å². The molecule has 1 aromatic carbocycles. The van der Waals surface area contributed by atoms with Gasteiger partial charge in [0, 0.05) is 17.6 Å². The van der Waals surface area contributed by atoms with E-state index < -0.39 is 0 Å². The van der Waals surface area contributed by atoms with Gasteiger partial charge in [0.2, 0.25) is 0 Å². The second-order valence-electron chi connectivity index (χ2n) is 10.0. The summed E-state index contributed by atoms with van der Waals surface area (Å²) in [5.41, 5.74) is 2.79. The van der Waals surface area contributed by atoms with Crippen molar-refractivity contribution in [2.75, 3.05) is 0 Å². The molecule has 0 saturated heterocycles. The van der Waals surface area contributed by atoms with Crippen LogP contribution < -0.4 is 10.1 Å². The molecule has 0 aliphatic heterocycles. The van der Waals surface area contributed by atoms with E-state index in [-0.39, 0.29) is 6.10 Å². The van der Waals surface area contributed by atoms with Crippen molar-refractivity contribution >= 4 is 0 Å². The SMILES string of the molecule is CC(C)Oc1ccccc1CNC12CC3CC(C)(CC(C)(C3)C1)C2. The zero-order valence-corrected chi connectivity index (χ0v) is 15.8. The van der Waals surface area contributed by atoms with Crippen molar-refractivity contribution in [1.29, 1.82) is 0 Å². The Morgan fingerprint density at radius 1 is 1.04 bits per heavy atom. The van der Waals surface area contributed by atoms with Crippen LogP contribution in [-0.4, -0.2) is 11.6 Å². The molecule has 132 valence electrons. The number of rotatable bonds is 5. The first-order valence-electron chi connectivity index (χ1n) is 9.79. The number of ether oxygens (including phenoxy) is 1. The lowest BCUT2D eigenvalue weighted by molar-refractivity contribution is -0.118. The molecule has 1 aromatic rings. The molecule has 4 aliphatic rings. The molecule has 2 nitrogen and oxygen atoms in total. The van der Waals surface area contributed by atoms with Crippen molar-refractivity contribution in [2.45, 2.75) is 84.4 Å². The van der Waals surface area contributed by atoms with Crippen molar-refractivity contribution in [3.05, 3.63) is 29.8 Å². The zero-order valence-electron chi connectivity index (χ0n) is 15.8. The van der Waals surface area contributed by atoms with Crippen LogP contribution in [-0.2, 0) is 6.54 Å². The van der Waals surface area contributed by atoms with E-state index in [1.54, 1.807) is 0 Å². The van der Waals surface area contributed by atoms with Crippen molar-refractivity contribution < 1.29 is 4.74 Å². The largest absolute Gasteiger partial charge is 0.491 e. The van der Waals surface area contributed by atoms with E-state index in [9.17, 15) is 0 Å². The van der Waals surface area contributed by atoms with Crippen LogP contribution in [0.2, 0.25) is 0 Å². The van der Waals surface area contributed by atoms with Gasteiger partial charge in [-0.2, -0.15) is 0 Å². The van der Waals surface area contributed by atoms with E-state index in [0.29, 0.717) is 16.4 Å². The van der Waals surface area contributed by atoms with Crippen molar-refractivity contribution in [3.8, 4) is 5.75 Å². The van der Waals surface area contributed by atoms with E-state index in [0.717, 1.165) is 18.2 Å². The van der Waals surface area contributed by atoms with Gasteiger partial charge in [0.25, 0.3) is 0 Å². The molecular weight excluding hydrogens is 294 g/mol. The number of hydrogen-bond donors (Lipinski definition) is 1. The minimum atomic E-state index is 0.225. The molecule has 24 heavy (non-hydrogen) atoms. The van der Waals surface area contributed by atoms with E-state index in [2.05, 4.69) is 57.3 Å². The summed E-state index contributed by atoms with van der Waals surface area (Å²) >= 11 is 0. The van der Waals surface area contributed by atoms with Crippen LogP contribution in [0.3, 0.4) is 0 Å². The van der Waals surface area contributed by atoms with E-state index >= 15 is 0 Å². The first kappa shape index (κ1) is 16.4. The minimum absolute atomic E-state index is 0.225. The molecule has 0 aromatic heterocycles. The zero-order chi connectivity index (χ0) is 17.0. The maximum Gasteiger partial charge on any atom is 0.124 e. The number of para-hydroxylation sites is 1. The first-order chi connectivity index (χ1) is 11.3. The van der Waals surface area contributed by atoms with Gasteiger partial charge in [0.05, 0.1) is 6.10 Å². The molecule has 4 saturated carbocycles. The van der Waals surface area contributed by atoms with Crippen LogP contribution in [0.1, 0.15) is 71.8 Å². The smallest absolute Gasteiger partial charge is 0.124 e. The number of hydrogen-bond acceptors (Lipinski definition) is 2. The van der Waals surface area contributed by atoms with Gasteiger partial charge in [0.1, 0.15) is 5.75 Å².